The molecule has 124 valence electrons. The molecule has 1 N–H and O–H groups in total. The number of hydrogen-bond acceptors (Lipinski definition) is 5. The predicted octanol–water partition coefficient (Wildman–Crippen LogP) is 2.22. The van der Waals surface area contributed by atoms with E-state index >= 15 is 0 Å². The lowest BCUT2D eigenvalue weighted by molar-refractivity contribution is -0.159. The smallest absolute Gasteiger partial charge is 0.320 e. The first-order chi connectivity index (χ1) is 11.0. The van der Waals surface area contributed by atoms with Gasteiger partial charge in [-0.3, -0.25) is 9.59 Å². The molecule has 5 heteroatoms. The second-order valence-electron chi connectivity index (χ2n) is 4.99. The molecule has 1 rings (SSSR count). The quantitative estimate of drug-likeness (QED) is 0.452. The number of carbonyl (C=O) groups excluding carboxylic acids is 2. The fourth-order valence-electron chi connectivity index (χ4n) is 2.14. The maximum atomic E-state index is 11.7. The molecule has 2 atom stereocenters. The number of methoxy groups -OCH3 is 2. The van der Waals surface area contributed by atoms with Crippen LogP contribution in [0, 0.1) is 11.8 Å². The summed E-state index contributed by atoms with van der Waals surface area (Å²) in [6.07, 6.45) is 4.06. The lowest BCUT2D eigenvalue weighted by atomic mass is 9.89. The van der Waals surface area contributed by atoms with E-state index < -0.39 is 29.9 Å². The Bertz CT molecular complexity index is 534. The molecule has 0 fully saturated rings. The number of carbonyl (C=O) groups is 2. The Labute approximate surface area is 136 Å². The van der Waals surface area contributed by atoms with Crippen LogP contribution in [-0.2, 0) is 19.1 Å². The summed E-state index contributed by atoms with van der Waals surface area (Å²) < 4.78 is 9.23. The minimum Gasteiger partial charge on any atom is -0.468 e. The molecule has 0 aliphatic rings. The third-order valence-corrected chi connectivity index (χ3v) is 3.51. The number of hydrogen-bond donors (Lipinski definition) is 1. The number of ether oxygens (including phenoxy) is 2. The van der Waals surface area contributed by atoms with Gasteiger partial charge in [0.05, 0.1) is 20.3 Å². The van der Waals surface area contributed by atoms with E-state index in [1.54, 1.807) is 12.2 Å². The van der Waals surface area contributed by atoms with Crippen molar-refractivity contribution in [3.63, 3.8) is 0 Å². The van der Waals surface area contributed by atoms with Crippen LogP contribution in [0.15, 0.2) is 49.1 Å². The van der Waals surface area contributed by atoms with Crippen LogP contribution < -0.4 is 0 Å². The van der Waals surface area contributed by atoms with Crippen molar-refractivity contribution >= 4 is 18.0 Å². The summed E-state index contributed by atoms with van der Waals surface area (Å²) in [5.41, 5.74) is 0.937. The number of esters is 2. The molecule has 1 aromatic carbocycles. The molecule has 0 aliphatic heterocycles. The highest BCUT2D eigenvalue weighted by Gasteiger charge is 2.32. The van der Waals surface area contributed by atoms with Crippen molar-refractivity contribution in [2.45, 2.75) is 12.5 Å². The van der Waals surface area contributed by atoms with Gasteiger partial charge in [0.2, 0.25) is 0 Å². The van der Waals surface area contributed by atoms with E-state index in [9.17, 15) is 14.7 Å². The third-order valence-electron chi connectivity index (χ3n) is 3.51. The first-order valence-electron chi connectivity index (χ1n) is 7.23. The fraction of sp³-hybridized carbons (Fsp3) is 0.333. The molecule has 0 spiro atoms. The Morgan fingerprint density at radius 2 is 1.74 bits per heavy atom. The van der Waals surface area contributed by atoms with Crippen LogP contribution in [0.3, 0.4) is 0 Å². The van der Waals surface area contributed by atoms with Crippen LogP contribution in [0.2, 0.25) is 0 Å². The SMILES string of the molecule is C=C[C@H](CC(C(=O)OC)C(=O)OC)[C@H](O)/C=C/c1ccccc1. The molecule has 0 saturated heterocycles. The van der Waals surface area contributed by atoms with E-state index in [0.29, 0.717) is 0 Å². The second-order valence-corrected chi connectivity index (χ2v) is 4.99. The Morgan fingerprint density at radius 1 is 1.17 bits per heavy atom. The fourth-order valence-corrected chi connectivity index (χ4v) is 2.14. The number of rotatable bonds is 8. The number of aliphatic hydroxyl groups is 1. The normalized spacial score (nSPS) is 13.6. The van der Waals surface area contributed by atoms with Gasteiger partial charge < -0.3 is 14.6 Å². The average molecular weight is 318 g/mol. The van der Waals surface area contributed by atoms with Gasteiger partial charge in [-0.25, -0.2) is 0 Å². The van der Waals surface area contributed by atoms with Crippen molar-refractivity contribution in [2.75, 3.05) is 14.2 Å². The van der Waals surface area contributed by atoms with Crippen molar-refractivity contribution < 1.29 is 24.2 Å². The Balaban J connectivity index is 2.80. The van der Waals surface area contributed by atoms with Crippen molar-refractivity contribution in [1.29, 1.82) is 0 Å². The van der Waals surface area contributed by atoms with E-state index in [4.69, 9.17) is 0 Å². The standard InChI is InChI=1S/C18H22O5/c1-4-14(12-15(17(20)22-2)18(21)23-3)16(19)11-10-13-8-6-5-7-9-13/h4-11,14-16,19H,1,12H2,2-3H3/b11-10+/t14-,16-/m1/s1. The zero-order valence-electron chi connectivity index (χ0n) is 13.3. The lowest BCUT2D eigenvalue weighted by Crippen LogP contribution is -2.31. The van der Waals surface area contributed by atoms with Gasteiger partial charge in [0.1, 0.15) is 0 Å². The Morgan fingerprint density at radius 3 is 2.22 bits per heavy atom. The summed E-state index contributed by atoms with van der Waals surface area (Å²) in [6.45, 7) is 3.66. The molecule has 1 aromatic rings. The molecule has 0 saturated carbocycles. The van der Waals surface area contributed by atoms with Crippen LogP contribution in [0.4, 0.5) is 0 Å². The molecule has 0 unspecified atom stereocenters. The zero-order valence-corrected chi connectivity index (χ0v) is 13.3. The number of benzene rings is 1. The maximum Gasteiger partial charge on any atom is 0.320 e. The molecule has 0 heterocycles. The van der Waals surface area contributed by atoms with E-state index in [1.165, 1.54) is 20.3 Å². The van der Waals surface area contributed by atoms with Gasteiger partial charge in [0.15, 0.2) is 5.92 Å². The second kappa shape index (κ2) is 9.58. The molecule has 0 radical (unpaired) electrons. The molecular weight excluding hydrogens is 296 g/mol. The highest BCUT2D eigenvalue weighted by atomic mass is 16.5. The highest BCUT2D eigenvalue weighted by molar-refractivity contribution is 5.94. The summed E-state index contributed by atoms with van der Waals surface area (Å²) in [5.74, 6) is -2.96. The van der Waals surface area contributed by atoms with Crippen LogP contribution in [0.1, 0.15) is 12.0 Å². The first kappa shape index (κ1) is 18.6. The summed E-state index contributed by atoms with van der Waals surface area (Å²) in [5, 5.41) is 10.3. The van der Waals surface area contributed by atoms with Gasteiger partial charge in [-0.1, -0.05) is 48.6 Å². The van der Waals surface area contributed by atoms with Gasteiger partial charge in [0.25, 0.3) is 0 Å². The molecule has 5 nitrogen and oxygen atoms in total. The molecule has 0 amide bonds. The van der Waals surface area contributed by atoms with Gasteiger partial charge in [-0.05, 0) is 12.0 Å². The largest absolute Gasteiger partial charge is 0.468 e. The van der Waals surface area contributed by atoms with E-state index in [0.717, 1.165) is 5.56 Å². The summed E-state index contributed by atoms with van der Waals surface area (Å²) >= 11 is 0. The van der Waals surface area contributed by atoms with Gasteiger partial charge in [0, 0.05) is 5.92 Å². The van der Waals surface area contributed by atoms with Gasteiger partial charge in [-0.2, -0.15) is 0 Å². The van der Waals surface area contributed by atoms with Crippen molar-refractivity contribution in [3.8, 4) is 0 Å². The Kier molecular flexibility index (Phi) is 7.77. The zero-order chi connectivity index (χ0) is 17.2. The third kappa shape index (κ3) is 5.71. The van der Waals surface area contributed by atoms with Crippen molar-refractivity contribution in [1.82, 2.24) is 0 Å². The van der Waals surface area contributed by atoms with Crippen LogP contribution in [0.25, 0.3) is 6.08 Å². The molecule has 23 heavy (non-hydrogen) atoms. The molecule has 0 aliphatic carbocycles. The van der Waals surface area contributed by atoms with Gasteiger partial charge >= 0.3 is 11.9 Å². The summed E-state index contributed by atoms with van der Waals surface area (Å²) in [6, 6.07) is 9.48. The Hall–Kier alpha value is -2.40. The topological polar surface area (TPSA) is 72.8 Å². The van der Waals surface area contributed by atoms with Crippen LogP contribution in [-0.4, -0.2) is 37.4 Å². The minimum atomic E-state index is -1.09. The van der Waals surface area contributed by atoms with Crippen LogP contribution in [0.5, 0.6) is 0 Å². The molecule has 0 aromatic heterocycles. The maximum absolute atomic E-state index is 11.7. The monoisotopic (exact) mass is 318 g/mol. The van der Waals surface area contributed by atoms with Crippen molar-refractivity contribution in [2.24, 2.45) is 11.8 Å². The highest BCUT2D eigenvalue weighted by Crippen LogP contribution is 2.21. The average Bonchev–Trinajstić information content (AvgIpc) is 2.60. The van der Waals surface area contributed by atoms with E-state index in [-0.39, 0.29) is 6.42 Å². The van der Waals surface area contributed by atoms with Gasteiger partial charge in [-0.15, -0.1) is 6.58 Å². The van der Waals surface area contributed by atoms with E-state index in [1.807, 2.05) is 30.3 Å². The van der Waals surface area contributed by atoms with Crippen LogP contribution >= 0.6 is 0 Å². The minimum absolute atomic E-state index is 0.0587. The summed E-state index contributed by atoms with van der Waals surface area (Å²) in [7, 11) is 2.40. The van der Waals surface area contributed by atoms with E-state index in [2.05, 4.69) is 16.1 Å². The first-order valence-corrected chi connectivity index (χ1v) is 7.23. The summed E-state index contributed by atoms with van der Waals surface area (Å²) in [4.78, 5) is 23.4. The number of aliphatic hydroxyl groups excluding tert-OH is 1. The molecule has 0 bridgehead atoms. The lowest BCUT2D eigenvalue weighted by Gasteiger charge is -2.20. The predicted molar refractivity (Wildman–Crippen MR) is 87.3 cm³/mol. The van der Waals surface area contributed by atoms with Crippen molar-refractivity contribution in [3.05, 3.63) is 54.6 Å². The molecular formula is C18H22O5.